The van der Waals surface area contributed by atoms with E-state index in [1.54, 1.807) is 6.07 Å². The van der Waals surface area contributed by atoms with Crippen molar-refractivity contribution in [2.45, 2.75) is 4.90 Å². The second-order valence-corrected chi connectivity index (χ2v) is 9.61. The molecule has 0 saturated carbocycles. The molecule has 0 aliphatic heterocycles. The molecule has 2 N–H and O–H groups in total. The first kappa shape index (κ1) is 23.2. The number of benzene rings is 2. The van der Waals surface area contributed by atoms with Gasteiger partial charge in [-0.1, -0.05) is 23.2 Å². The molecule has 1 atom stereocenters. The fourth-order valence-electron chi connectivity index (χ4n) is 2.63. The molecule has 162 valence electrons. The van der Waals surface area contributed by atoms with Crippen molar-refractivity contribution in [3.05, 3.63) is 82.0 Å². The van der Waals surface area contributed by atoms with Crippen molar-refractivity contribution < 1.29 is 13.8 Å². The molecule has 8 nitrogen and oxygen atoms in total. The van der Waals surface area contributed by atoms with Crippen LogP contribution in [0, 0.1) is 11.5 Å². The van der Waals surface area contributed by atoms with E-state index in [2.05, 4.69) is 20.0 Å². The van der Waals surface area contributed by atoms with E-state index in [4.69, 9.17) is 28.5 Å². The van der Waals surface area contributed by atoms with Crippen LogP contribution in [0.4, 0.5) is 11.5 Å². The molecule has 1 unspecified atom stereocenters. The zero-order chi connectivity index (χ0) is 23.3. The van der Waals surface area contributed by atoms with Gasteiger partial charge in [-0.3, -0.25) is 9.59 Å². The lowest BCUT2D eigenvalue weighted by atomic mass is 10.1. The number of pyridine rings is 1. The molecule has 3 rings (SSSR count). The zero-order valence-corrected chi connectivity index (χ0v) is 18.8. The van der Waals surface area contributed by atoms with E-state index in [0.29, 0.717) is 14.9 Å². The SMILES string of the molecule is CS(=O)(=NC#N)c1ccc(C(=O)Nc2ccc(Cl)cc2C(=O)Nc2ccc(Cl)cn2)cc1. The van der Waals surface area contributed by atoms with E-state index in [0.717, 1.165) is 0 Å². The highest BCUT2D eigenvalue weighted by molar-refractivity contribution is 7.93. The molecule has 0 aliphatic rings. The number of hydrogen-bond acceptors (Lipinski definition) is 6. The molecule has 1 aromatic heterocycles. The molecular formula is C21H15Cl2N5O3S. The van der Waals surface area contributed by atoms with Gasteiger partial charge >= 0.3 is 0 Å². The molecule has 0 radical (unpaired) electrons. The summed E-state index contributed by atoms with van der Waals surface area (Å²) in [5.41, 5.74) is 0.610. The van der Waals surface area contributed by atoms with Gasteiger partial charge in [-0.15, -0.1) is 4.36 Å². The van der Waals surface area contributed by atoms with E-state index < -0.39 is 21.5 Å². The van der Waals surface area contributed by atoms with E-state index >= 15 is 0 Å². The predicted octanol–water partition coefficient (Wildman–Crippen LogP) is 4.83. The maximum atomic E-state index is 12.7. The molecular weight excluding hydrogens is 473 g/mol. The van der Waals surface area contributed by atoms with Gasteiger partial charge in [-0.2, -0.15) is 5.26 Å². The minimum Gasteiger partial charge on any atom is -0.321 e. The van der Waals surface area contributed by atoms with Gasteiger partial charge in [0.1, 0.15) is 5.82 Å². The van der Waals surface area contributed by atoms with Crippen LogP contribution in [0.15, 0.2) is 70.1 Å². The topological polar surface area (TPSA) is 124 Å². The molecule has 0 spiro atoms. The highest BCUT2D eigenvalue weighted by atomic mass is 35.5. The van der Waals surface area contributed by atoms with E-state index in [-0.39, 0.29) is 22.6 Å². The largest absolute Gasteiger partial charge is 0.321 e. The van der Waals surface area contributed by atoms with Crippen LogP contribution in [0.5, 0.6) is 0 Å². The number of anilines is 2. The molecule has 11 heteroatoms. The number of rotatable bonds is 5. The number of carbonyl (C=O) groups excluding carboxylic acids is 2. The van der Waals surface area contributed by atoms with Crippen LogP contribution in [0.25, 0.3) is 0 Å². The van der Waals surface area contributed by atoms with E-state index in [1.165, 1.54) is 67.2 Å². The number of nitriles is 1. The lowest BCUT2D eigenvalue weighted by Crippen LogP contribution is -2.18. The second-order valence-electron chi connectivity index (χ2n) is 6.48. The van der Waals surface area contributed by atoms with Crippen LogP contribution in [-0.2, 0) is 9.73 Å². The van der Waals surface area contributed by atoms with Crippen molar-refractivity contribution in [2.75, 3.05) is 16.9 Å². The molecule has 3 aromatic rings. The summed E-state index contributed by atoms with van der Waals surface area (Å²) < 4.78 is 15.7. The maximum Gasteiger partial charge on any atom is 0.258 e. The number of hydrogen-bond donors (Lipinski definition) is 2. The van der Waals surface area contributed by atoms with Crippen LogP contribution >= 0.6 is 23.2 Å². The molecule has 0 saturated heterocycles. The Kier molecular flexibility index (Phi) is 7.10. The Balaban J connectivity index is 1.83. The van der Waals surface area contributed by atoms with Crippen molar-refractivity contribution in [3.8, 4) is 6.19 Å². The van der Waals surface area contributed by atoms with Crippen molar-refractivity contribution in [3.63, 3.8) is 0 Å². The summed E-state index contributed by atoms with van der Waals surface area (Å²) >= 11 is 11.8. The highest BCUT2D eigenvalue weighted by Gasteiger charge is 2.16. The Morgan fingerprint density at radius 2 is 1.69 bits per heavy atom. The Labute approximate surface area is 194 Å². The van der Waals surface area contributed by atoms with E-state index in [1.807, 2.05) is 0 Å². The van der Waals surface area contributed by atoms with Gasteiger partial charge in [0.2, 0.25) is 6.19 Å². The number of aromatic nitrogens is 1. The first-order valence-corrected chi connectivity index (χ1v) is 11.6. The quantitative estimate of drug-likeness (QED) is 0.498. The minimum atomic E-state index is -2.87. The second kappa shape index (κ2) is 9.78. The lowest BCUT2D eigenvalue weighted by Gasteiger charge is -2.12. The van der Waals surface area contributed by atoms with Gasteiger partial charge in [0.25, 0.3) is 11.8 Å². The highest BCUT2D eigenvalue weighted by Crippen LogP contribution is 2.23. The molecule has 2 aromatic carbocycles. The van der Waals surface area contributed by atoms with Crippen LogP contribution in [-0.4, -0.2) is 27.3 Å². The third-order valence-corrected chi connectivity index (χ3v) is 6.25. The maximum absolute atomic E-state index is 12.7. The summed E-state index contributed by atoms with van der Waals surface area (Å²) in [5.74, 6) is -0.757. The monoisotopic (exact) mass is 487 g/mol. The smallest absolute Gasteiger partial charge is 0.258 e. The summed E-state index contributed by atoms with van der Waals surface area (Å²) in [6, 6.07) is 13.4. The van der Waals surface area contributed by atoms with Crippen molar-refractivity contribution >= 4 is 56.3 Å². The fourth-order valence-corrected chi connectivity index (χ4v) is 3.82. The number of nitrogens with one attached hydrogen (secondary N) is 2. The lowest BCUT2D eigenvalue weighted by molar-refractivity contribution is 0.102. The number of halogens is 2. The number of amides is 2. The average Bonchev–Trinajstić information content (AvgIpc) is 2.76. The van der Waals surface area contributed by atoms with E-state index in [9.17, 15) is 13.8 Å². The minimum absolute atomic E-state index is 0.128. The van der Waals surface area contributed by atoms with Crippen molar-refractivity contribution in [2.24, 2.45) is 4.36 Å². The van der Waals surface area contributed by atoms with Crippen LogP contribution < -0.4 is 10.6 Å². The van der Waals surface area contributed by atoms with Crippen LogP contribution in [0.1, 0.15) is 20.7 Å². The van der Waals surface area contributed by atoms with Crippen molar-refractivity contribution in [1.82, 2.24) is 4.98 Å². The standard InChI is InChI=1S/C21H15Cl2N5O3S/c1-32(31,26-12-24)16-6-2-13(3-7-16)20(29)27-18-8-4-14(22)10-17(18)21(30)28-19-9-5-15(23)11-25-19/h2-11H,1H3,(H,27,29)(H,25,28,30). The molecule has 32 heavy (non-hydrogen) atoms. The Hall–Kier alpha value is -3.45. The summed E-state index contributed by atoms with van der Waals surface area (Å²) in [6.45, 7) is 0. The fraction of sp³-hybridized carbons (Fsp3) is 0.0476. The average molecular weight is 488 g/mol. The third kappa shape index (κ3) is 5.62. The molecule has 0 fully saturated rings. The Morgan fingerprint density at radius 1 is 1.00 bits per heavy atom. The summed E-state index contributed by atoms with van der Waals surface area (Å²) in [7, 11) is -2.87. The summed E-state index contributed by atoms with van der Waals surface area (Å²) in [4.78, 5) is 29.8. The number of carbonyl (C=O) groups is 2. The molecule has 1 heterocycles. The van der Waals surface area contributed by atoms with Gasteiger partial charge in [0.05, 0.1) is 26.0 Å². The summed E-state index contributed by atoms with van der Waals surface area (Å²) in [6.07, 6.45) is 4.25. The van der Waals surface area contributed by atoms with Crippen molar-refractivity contribution in [1.29, 1.82) is 5.26 Å². The van der Waals surface area contributed by atoms with Gasteiger partial charge in [0, 0.05) is 27.9 Å². The molecule has 2 amide bonds. The first-order chi connectivity index (χ1) is 15.2. The van der Waals surface area contributed by atoms with Crippen LogP contribution in [0.3, 0.4) is 0 Å². The van der Waals surface area contributed by atoms with Gasteiger partial charge in [-0.25, -0.2) is 9.19 Å². The Bertz CT molecular complexity index is 1340. The molecule has 0 bridgehead atoms. The van der Waals surface area contributed by atoms with Gasteiger partial charge in [-0.05, 0) is 54.6 Å². The summed E-state index contributed by atoms with van der Waals surface area (Å²) in [5, 5.41) is 14.7. The normalized spacial score (nSPS) is 12.2. The third-order valence-electron chi connectivity index (χ3n) is 4.21. The number of nitrogens with zero attached hydrogens (tertiary/aromatic N) is 3. The predicted molar refractivity (Wildman–Crippen MR) is 123 cm³/mol. The Morgan fingerprint density at radius 3 is 2.31 bits per heavy atom. The first-order valence-electron chi connectivity index (χ1n) is 8.94. The molecule has 0 aliphatic carbocycles. The zero-order valence-electron chi connectivity index (χ0n) is 16.5. The van der Waals surface area contributed by atoms with Gasteiger partial charge in [0.15, 0.2) is 0 Å². The van der Waals surface area contributed by atoms with Gasteiger partial charge < -0.3 is 10.6 Å². The van der Waals surface area contributed by atoms with Crippen LogP contribution in [0.2, 0.25) is 10.0 Å².